The van der Waals surface area contributed by atoms with E-state index in [0.29, 0.717) is 11.8 Å². The van der Waals surface area contributed by atoms with Crippen LogP contribution in [0.5, 0.6) is 0 Å². The van der Waals surface area contributed by atoms with Crippen LogP contribution in [0.25, 0.3) is 0 Å². The lowest BCUT2D eigenvalue weighted by Gasteiger charge is -2.31. The van der Waals surface area contributed by atoms with Crippen LogP contribution in [-0.4, -0.2) is 34.8 Å². The molecule has 8 heteroatoms. The molecule has 0 aromatic heterocycles. The van der Waals surface area contributed by atoms with Crippen molar-refractivity contribution in [2.75, 3.05) is 7.11 Å². The van der Waals surface area contributed by atoms with Crippen LogP contribution < -0.4 is 0 Å². The van der Waals surface area contributed by atoms with E-state index >= 15 is 0 Å². The summed E-state index contributed by atoms with van der Waals surface area (Å²) in [5.74, 6) is 0. The zero-order chi connectivity index (χ0) is 22.5. The number of carbonyl (C=O) groups is 1. The van der Waals surface area contributed by atoms with E-state index < -0.39 is 36.3 Å². The molecule has 0 amide bonds. The first kappa shape index (κ1) is 22.9. The molecule has 0 aliphatic rings. The van der Waals surface area contributed by atoms with Gasteiger partial charge in [-0.3, -0.25) is 4.79 Å². The minimum Gasteiger partial charge on any atom is -0.366 e. The highest BCUT2D eigenvalue weighted by atomic mass is 32.3. The Morgan fingerprint density at radius 2 is 1.13 bits per heavy atom. The summed E-state index contributed by atoms with van der Waals surface area (Å²) in [6.07, 6.45) is -0.151. The van der Waals surface area contributed by atoms with E-state index in [1.807, 2.05) is 0 Å². The Kier molecular flexibility index (Phi) is 6.74. The molecule has 0 radical (unpaired) electrons. The lowest BCUT2D eigenvalue weighted by Crippen LogP contribution is -2.41. The van der Waals surface area contributed by atoms with Crippen LogP contribution in [0.4, 0.5) is 0 Å². The quantitative estimate of drug-likeness (QED) is 0.456. The van der Waals surface area contributed by atoms with Crippen LogP contribution in [0, 0.1) is 0 Å². The predicted molar refractivity (Wildman–Crippen MR) is 117 cm³/mol. The fraction of sp³-hybridized carbons (Fsp3) is 0.174. The van der Waals surface area contributed by atoms with Crippen LogP contribution in [0.1, 0.15) is 12.0 Å². The maximum atomic E-state index is 13.5. The largest absolute Gasteiger partial charge is 0.366 e. The molecule has 0 unspecified atom stereocenters. The van der Waals surface area contributed by atoms with Crippen molar-refractivity contribution in [2.45, 2.75) is 26.4 Å². The second kappa shape index (κ2) is 9.13. The topological polar surface area (TPSA) is 94.6 Å². The van der Waals surface area contributed by atoms with Crippen molar-refractivity contribution in [3.8, 4) is 0 Å². The smallest absolute Gasteiger partial charge is 0.196 e. The summed E-state index contributed by atoms with van der Waals surface area (Å²) in [7, 11) is -7.54. The van der Waals surface area contributed by atoms with Crippen molar-refractivity contribution in [3.05, 3.63) is 96.6 Å². The van der Waals surface area contributed by atoms with Crippen molar-refractivity contribution in [1.82, 2.24) is 0 Å². The van der Waals surface area contributed by atoms with Crippen LogP contribution in [-0.2, 0) is 34.8 Å². The molecule has 0 heterocycles. The van der Waals surface area contributed by atoms with Gasteiger partial charge < -0.3 is 4.74 Å². The lowest BCUT2D eigenvalue weighted by molar-refractivity contribution is -0.129. The summed E-state index contributed by atoms with van der Waals surface area (Å²) < 4.78 is 57.7. The van der Waals surface area contributed by atoms with Crippen molar-refractivity contribution in [3.63, 3.8) is 0 Å². The van der Waals surface area contributed by atoms with Gasteiger partial charge >= 0.3 is 0 Å². The molecule has 0 spiro atoms. The molecule has 0 N–H and O–H groups in total. The molecule has 0 fully saturated rings. The van der Waals surface area contributed by atoms with Crippen molar-refractivity contribution >= 4 is 26.0 Å². The summed E-state index contributed by atoms with van der Waals surface area (Å²) >= 11 is 0. The molecule has 0 saturated heterocycles. The standard InChI is InChI=1S/C23H22O6S2/c1-29-23(18-24,19-11-5-2-6-12-19)17-22(30(25,26)20-13-7-3-8-14-20)31(27,28)21-15-9-4-10-16-21/h2-16,18,22H,17H2,1H3/t23-/m0/s1. The summed E-state index contributed by atoms with van der Waals surface area (Å²) in [6, 6.07) is 22.9. The number of sulfone groups is 2. The molecule has 162 valence electrons. The van der Waals surface area contributed by atoms with Gasteiger partial charge in [0, 0.05) is 13.5 Å². The zero-order valence-electron chi connectivity index (χ0n) is 16.8. The zero-order valence-corrected chi connectivity index (χ0v) is 18.4. The van der Waals surface area contributed by atoms with Crippen LogP contribution in [0.2, 0.25) is 0 Å². The fourth-order valence-electron chi connectivity index (χ4n) is 3.36. The molecule has 0 aliphatic carbocycles. The Hall–Kier alpha value is -2.81. The van der Waals surface area contributed by atoms with E-state index in [-0.39, 0.29) is 9.79 Å². The summed E-state index contributed by atoms with van der Waals surface area (Å²) in [5.41, 5.74) is -1.40. The first-order valence-corrected chi connectivity index (χ1v) is 12.5. The van der Waals surface area contributed by atoms with Gasteiger partial charge in [0.1, 0.15) is 5.60 Å². The number of rotatable bonds is 9. The first-order chi connectivity index (χ1) is 14.8. The minimum absolute atomic E-state index is 0.150. The third-order valence-electron chi connectivity index (χ3n) is 5.12. The molecule has 31 heavy (non-hydrogen) atoms. The Balaban J connectivity index is 2.23. The molecule has 0 saturated carbocycles. The van der Waals surface area contributed by atoms with E-state index in [9.17, 15) is 21.6 Å². The Morgan fingerprint density at radius 3 is 1.48 bits per heavy atom. The highest BCUT2D eigenvalue weighted by molar-refractivity contribution is 8.09. The van der Waals surface area contributed by atoms with Gasteiger partial charge in [-0.2, -0.15) is 0 Å². The highest BCUT2D eigenvalue weighted by Gasteiger charge is 2.47. The number of aldehydes is 1. The fourth-order valence-corrected chi connectivity index (χ4v) is 7.98. The second-order valence-electron chi connectivity index (χ2n) is 6.93. The SMILES string of the molecule is CO[C@](C=O)(CC(S(=O)(=O)c1ccccc1)S(=O)(=O)c1ccccc1)c1ccccc1. The Morgan fingerprint density at radius 1 is 0.742 bits per heavy atom. The lowest BCUT2D eigenvalue weighted by atomic mass is 9.92. The molecular formula is C23H22O6S2. The average Bonchev–Trinajstić information content (AvgIpc) is 2.81. The maximum Gasteiger partial charge on any atom is 0.196 e. The van der Waals surface area contributed by atoms with E-state index in [2.05, 4.69) is 0 Å². The van der Waals surface area contributed by atoms with E-state index in [1.54, 1.807) is 42.5 Å². The summed E-state index contributed by atoms with van der Waals surface area (Å²) in [5, 5.41) is 0. The van der Waals surface area contributed by atoms with Gasteiger partial charge in [-0.15, -0.1) is 0 Å². The van der Waals surface area contributed by atoms with Crippen molar-refractivity contribution < 1.29 is 26.4 Å². The number of methoxy groups -OCH3 is 1. The van der Waals surface area contributed by atoms with Gasteiger partial charge in [0.15, 0.2) is 30.5 Å². The predicted octanol–water partition coefficient (Wildman–Crippen LogP) is 3.39. The van der Waals surface area contributed by atoms with Crippen LogP contribution in [0.3, 0.4) is 0 Å². The van der Waals surface area contributed by atoms with Gasteiger partial charge in [-0.05, 0) is 29.8 Å². The van der Waals surface area contributed by atoms with Crippen molar-refractivity contribution in [1.29, 1.82) is 0 Å². The second-order valence-corrected chi connectivity index (χ2v) is 11.5. The number of hydrogen-bond donors (Lipinski definition) is 0. The number of carbonyl (C=O) groups excluding carboxylic acids is 1. The van der Waals surface area contributed by atoms with E-state index in [4.69, 9.17) is 4.74 Å². The van der Waals surface area contributed by atoms with E-state index in [0.717, 1.165) is 0 Å². The third kappa shape index (κ3) is 4.46. The van der Waals surface area contributed by atoms with Crippen LogP contribution in [0.15, 0.2) is 101 Å². The number of hydrogen-bond acceptors (Lipinski definition) is 6. The molecule has 1 atom stereocenters. The first-order valence-electron chi connectivity index (χ1n) is 9.43. The maximum absolute atomic E-state index is 13.5. The Labute approximate surface area is 182 Å². The van der Waals surface area contributed by atoms with Gasteiger partial charge in [0.25, 0.3) is 0 Å². The average molecular weight is 459 g/mol. The summed E-state index contributed by atoms with van der Waals surface area (Å²) in [4.78, 5) is 11.9. The molecule has 3 aromatic carbocycles. The third-order valence-corrected chi connectivity index (χ3v) is 10.2. The highest BCUT2D eigenvalue weighted by Crippen LogP contribution is 2.36. The molecule has 0 bridgehead atoms. The van der Waals surface area contributed by atoms with Gasteiger partial charge in [-0.25, -0.2) is 16.8 Å². The van der Waals surface area contributed by atoms with Gasteiger partial charge in [0.05, 0.1) is 9.79 Å². The molecular weight excluding hydrogens is 436 g/mol. The van der Waals surface area contributed by atoms with Crippen molar-refractivity contribution in [2.24, 2.45) is 0 Å². The Bertz CT molecular complexity index is 1160. The van der Waals surface area contributed by atoms with Gasteiger partial charge in [-0.1, -0.05) is 66.7 Å². The number of ether oxygens (including phenoxy) is 1. The van der Waals surface area contributed by atoms with Gasteiger partial charge in [0.2, 0.25) is 0 Å². The minimum atomic E-state index is -4.40. The van der Waals surface area contributed by atoms with Crippen LogP contribution >= 0.6 is 0 Å². The molecule has 3 rings (SSSR count). The van der Waals surface area contributed by atoms with E-state index in [1.165, 1.54) is 55.6 Å². The summed E-state index contributed by atoms with van der Waals surface area (Å²) in [6.45, 7) is 0. The molecule has 6 nitrogen and oxygen atoms in total. The normalized spacial score (nSPS) is 14.1. The molecule has 3 aromatic rings. The monoisotopic (exact) mass is 458 g/mol. The number of benzene rings is 3. The molecule has 0 aliphatic heterocycles.